The van der Waals surface area contributed by atoms with Gasteiger partial charge in [-0.15, -0.1) is 0 Å². The van der Waals surface area contributed by atoms with Gasteiger partial charge in [-0.2, -0.15) is 0 Å². The van der Waals surface area contributed by atoms with Gasteiger partial charge in [-0.3, -0.25) is 0 Å². The van der Waals surface area contributed by atoms with Crippen LogP contribution in [-0.4, -0.2) is 25.2 Å². The van der Waals surface area contributed by atoms with Crippen molar-refractivity contribution in [1.82, 2.24) is 0 Å². The standard InChI is InChI=1S/C15H19NO4/c1-4-19-14(17)11(3)13(15(18)20-5-2)16-12-9-7-6-8-10-12/h6-10,16H,4-5H2,1-3H3. The molecule has 0 spiro atoms. The van der Waals surface area contributed by atoms with Crippen LogP contribution >= 0.6 is 0 Å². The van der Waals surface area contributed by atoms with Crippen molar-refractivity contribution in [2.45, 2.75) is 20.8 Å². The molecule has 5 nitrogen and oxygen atoms in total. The van der Waals surface area contributed by atoms with Crippen LogP contribution < -0.4 is 5.32 Å². The van der Waals surface area contributed by atoms with E-state index in [-0.39, 0.29) is 24.5 Å². The van der Waals surface area contributed by atoms with E-state index in [1.54, 1.807) is 26.0 Å². The lowest BCUT2D eigenvalue weighted by molar-refractivity contribution is -0.141. The smallest absolute Gasteiger partial charge is 0.355 e. The first-order valence-corrected chi connectivity index (χ1v) is 6.47. The molecule has 1 N–H and O–H groups in total. The lowest BCUT2D eigenvalue weighted by Crippen LogP contribution is -2.20. The van der Waals surface area contributed by atoms with Gasteiger partial charge in [0.15, 0.2) is 0 Å². The van der Waals surface area contributed by atoms with E-state index in [1.807, 2.05) is 18.2 Å². The molecule has 0 saturated carbocycles. The molecule has 0 fully saturated rings. The predicted octanol–water partition coefficient (Wildman–Crippen LogP) is 2.50. The van der Waals surface area contributed by atoms with Gasteiger partial charge in [0.1, 0.15) is 5.70 Å². The van der Waals surface area contributed by atoms with E-state index in [0.29, 0.717) is 5.69 Å². The second-order valence-corrected chi connectivity index (χ2v) is 3.93. The fraction of sp³-hybridized carbons (Fsp3) is 0.333. The molecular weight excluding hydrogens is 258 g/mol. The predicted molar refractivity (Wildman–Crippen MR) is 76.0 cm³/mol. The maximum absolute atomic E-state index is 11.9. The second kappa shape index (κ2) is 7.99. The summed E-state index contributed by atoms with van der Waals surface area (Å²) in [5.74, 6) is -1.12. The van der Waals surface area contributed by atoms with E-state index in [4.69, 9.17) is 9.47 Å². The van der Waals surface area contributed by atoms with Gasteiger partial charge in [0, 0.05) is 5.69 Å². The summed E-state index contributed by atoms with van der Waals surface area (Å²) in [6.07, 6.45) is 0. The summed E-state index contributed by atoms with van der Waals surface area (Å²) in [5, 5.41) is 2.91. The van der Waals surface area contributed by atoms with Crippen molar-refractivity contribution in [3.05, 3.63) is 41.6 Å². The van der Waals surface area contributed by atoms with Gasteiger partial charge in [-0.1, -0.05) is 18.2 Å². The maximum Gasteiger partial charge on any atom is 0.355 e. The second-order valence-electron chi connectivity index (χ2n) is 3.93. The zero-order valence-corrected chi connectivity index (χ0v) is 11.9. The molecule has 20 heavy (non-hydrogen) atoms. The summed E-state index contributed by atoms with van der Waals surface area (Å²) in [4.78, 5) is 23.7. The van der Waals surface area contributed by atoms with Crippen LogP contribution in [-0.2, 0) is 19.1 Å². The summed E-state index contributed by atoms with van der Waals surface area (Å²) in [6, 6.07) is 9.09. The molecule has 0 amide bonds. The molecule has 0 aliphatic rings. The Morgan fingerprint density at radius 2 is 1.55 bits per heavy atom. The molecule has 0 aliphatic carbocycles. The van der Waals surface area contributed by atoms with Gasteiger partial charge >= 0.3 is 11.9 Å². The molecule has 1 aromatic rings. The van der Waals surface area contributed by atoms with Crippen LogP contribution in [0.4, 0.5) is 5.69 Å². The van der Waals surface area contributed by atoms with Crippen molar-refractivity contribution in [3.8, 4) is 0 Å². The monoisotopic (exact) mass is 277 g/mol. The van der Waals surface area contributed by atoms with E-state index in [1.165, 1.54) is 6.92 Å². The summed E-state index contributed by atoms with van der Waals surface area (Å²) in [5.41, 5.74) is 0.977. The number of nitrogens with one attached hydrogen (secondary N) is 1. The van der Waals surface area contributed by atoms with Crippen LogP contribution in [0.1, 0.15) is 20.8 Å². The lowest BCUT2D eigenvalue weighted by atomic mass is 10.2. The Bertz CT molecular complexity index is 494. The molecule has 0 atom stereocenters. The molecular formula is C15H19NO4. The molecule has 0 bridgehead atoms. The average molecular weight is 277 g/mol. The largest absolute Gasteiger partial charge is 0.463 e. The highest BCUT2D eigenvalue weighted by Gasteiger charge is 2.20. The molecule has 0 aromatic heterocycles. The summed E-state index contributed by atoms with van der Waals surface area (Å²) >= 11 is 0. The highest BCUT2D eigenvalue weighted by Crippen LogP contribution is 2.14. The lowest BCUT2D eigenvalue weighted by Gasteiger charge is -2.13. The Hall–Kier alpha value is -2.30. The Morgan fingerprint density at radius 3 is 2.10 bits per heavy atom. The van der Waals surface area contributed by atoms with Gasteiger partial charge in [-0.05, 0) is 32.9 Å². The van der Waals surface area contributed by atoms with Gasteiger partial charge in [-0.25, -0.2) is 9.59 Å². The maximum atomic E-state index is 11.9. The molecule has 108 valence electrons. The van der Waals surface area contributed by atoms with Crippen LogP contribution in [0.3, 0.4) is 0 Å². The number of ether oxygens (including phenoxy) is 2. The van der Waals surface area contributed by atoms with E-state index >= 15 is 0 Å². The van der Waals surface area contributed by atoms with E-state index in [9.17, 15) is 9.59 Å². The summed E-state index contributed by atoms with van der Waals surface area (Å²) in [6.45, 7) is 5.42. The number of hydrogen-bond acceptors (Lipinski definition) is 5. The average Bonchev–Trinajstić information content (AvgIpc) is 2.45. The minimum atomic E-state index is -0.582. The van der Waals surface area contributed by atoms with Crippen molar-refractivity contribution < 1.29 is 19.1 Å². The van der Waals surface area contributed by atoms with Gasteiger partial charge in [0.25, 0.3) is 0 Å². The molecule has 0 radical (unpaired) electrons. The third-order valence-electron chi connectivity index (χ3n) is 2.48. The number of rotatable bonds is 6. The highest BCUT2D eigenvalue weighted by molar-refractivity contribution is 6.02. The molecule has 1 aromatic carbocycles. The van der Waals surface area contributed by atoms with Crippen molar-refractivity contribution in [1.29, 1.82) is 0 Å². The third kappa shape index (κ3) is 4.42. The fourth-order valence-electron chi connectivity index (χ4n) is 1.51. The molecule has 0 heterocycles. The molecule has 0 aliphatic heterocycles. The first kappa shape index (κ1) is 15.8. The fourth-order valence-corrected chi connectivity index (χ4v) is 1.51. The summed E-state index contributed by atoms with van der Waals surface area (Å²) < 4.78 is 9.86. The van der Waals surface area contributed by atoms with Crippen LogP contribution in [0.5, 0.6) is 0 Å². The van der Waals surface area contributed by atoms with E-state index in [0.717, 1.165) is 0 Å². The molecule has 0 saturated heterocycles. The van der Waals surface area contributed by atoms with Gasteiger partial charge in [0.05, 0.1) is 18.8 Å². The number of benzene rings is 1. The van der Waals surface area contributed by atoms with Crippen LogP contribution in [0.2, 0.25) is 0 Å². The van der Waals surface area contributed by atoms with Crippen molar-refractivity contribution in [2.75, 3.05) is 18.5 Å². The minimum Gasteiger partial charge on any atom is -0.463 e. The summed E-state index contributed by atoms with van der Waals surface area (Å²) in [7, 11) is 0. The Labute approximate surface area is 118 Å². The van der Waals surface area contributed by atoms with E-state index in [2.05, 4.69) is 5.32 Å². The number of hydrogen-bond donors (Lipinski definition) is 1. The molecule has 5 heteroatoms. The van der Waals surface area contributed by atoms with Crippen molar-refractivity contribution >= 4 is 17.6 Å². The third-order valence-corrected chi connectivity index (χ3v) is 2.48. The van der Waals surface area contributed by atoms with Crippen LogP contribution in [0.15, 0.2) is 41.6 Å². The Balaban J connectivity index is 3.05. The Kier molecular flexibility index (Phi) is 6.29. The number of anilines is 1. The van der Waals surface area contributed by atoms with Crippen molar-refractivity contribution in [3.63, 3.8) is 0 Å². The first-order chi connectivity index (χ1) is 9.60. The SMILES string of the molecule is CCOC(=O)C(C)=C(Nc1ccccc1)C(=O)OCC. The minimum absolute atomic E-state index is 0.0940. The molecule has 0 unspecified atom stereocenters. The Morgan fingerprint density at radius 1 is 1.00 bits per heavy atom. The van der Waals surface area contributed by atoms with Gasteiger partial charge < -0.3 is 14.8 Å². The highest BCUT2D eigenvalue weighted by atomic mass is 16.5. The van der Waals surface area contributed by atoms with E-state index < -0.39 is 11.9 Å². The number of carbonyl (C=O) groups excluding carboxylic acids is 2. The zero-order chi connectivity index (χ0) is 15.0. The van der Waals surface area contributed by atoms with Gasteiger partial charge in [0.2, 0.25) is 0 Å². The topological polar surface area (TPSA) is 64.6 Å². The number of para-hydroxylation sites is 1. The van der Waals surface area contributed by atoms with Crippen molar-refractivity contribution in [2.24, 2.45) is 0 Å². The molecule has 1 rings (SSSR count). The number of esters is 2. The zero-order valence-electron chi connectivity index (χ0n) is 11.9. The van der Waals surface area contributed by atoms with Crippen LogP contribution in [0.25, 0.3) is 0 Å². The quantitative estimate of drug-likeness (QED) is 0.639. The number of carbonyl (C=O) groups is 2. The first-order valence-electron chi connectivity index (χ1n) is 6.47. The van der Waals surface area contributed by atoms with Crippen LogP contribution in [0, 0.1) is 0 Å². The normalized spacial score (nSPS) is 11.3.